The first-order valence-electron chi connectivity index (χ1n) is 4.53. The normalized spacial score (nSPS) is 17.5. The highest BCUT2D eigenvalue weighted by Gasteiger charge is 2.06. The van der Waals surface area contributed by atoms with Gasteiger partial charge in [-0.2, -0.15) is 0 Å². The third-order valence-corrected chi connectivity index (χ3v) is 1.81. The molecule has 0 aromatic heterocycles. The lowest BCUT2D eigenvalue weighted by Crippen LogP contribution is -2.19. The molecule has 1 N–H and O–H groups in total. The van der Waals surface area contributed by atoms with Crippen LogP contribution in [0.15, 0.2) is 28.9 Å². The van der Waals surface area contributed by atoms with Crippen molar-refractivity contribution in [1.29, 1.82) is 0 Å². The van der Waals surface area contributed by atoms with Gasteiger partial charge in [0.1, 0.15) is 5.84 Å². The van der Waals surface area contributed by atoms with E-state index in [0.29, 0.717) is 0 Å². The molecule has 0 aromatic carbocycles. The summed E-state index contributed by atoms with van der Waals surface area (Å²) in [4.78, 5) is 6.37. The Kier molecular flexibility index (Phi) is 3.55. The highest BCUT2D eigenvalue weighted by atomic mass is 15.1. The molecule has 13 heavy (non-hydrogen) atoms. The minimum absolute atomic E-state index is 0.891. The molecule has 1 aliphatic rings. The van der Waals surface area contributed by atoms with E-state index in [1.165, 1.54) is 0 Å². The number of nitrogens with zero attached hydrogens (tertiary/aromatic N) is 2. The lowest BCUT2D eigenvalue weighted by atomic mass is 10.2. The molecule has 72 valence electrons. The quantitative estimate of drug-likeness (QED) is 0.655. The van der Waals surface area contributed by atoms with Gasteiger partial charge in [0.2, 0.25) is 0 Å². The van der Waals surface area contributed by atoms with Crippen LogP contribution >= 0.6 is 0 Å². The molecule has 1 heterocycles. The van der Waals surface area contributed by atoms with Crippen LogP contribution in [0, 0.1) is 0 Å². The highest BCUT2D eigenvalue weighted by Crippen LogP contribution is 2.02. The summed E-state index contributed by atoms with van der Waals surface area (Å²) in [6, 6.07) is 0. The van der Waals surface area contributed by atoms with Crippen molar-refractivity contribution in [1.82, 2.24) is 10.2 Å². The Labute approximate surface area is 79.8 Å². The molecule has 0 radical (unpaired) electrons. The Morgan fingerprint density at radius 1 is 1.54 bits per heavy atom. The van der Waals surface area contributed by atoms with Gasteiger partial charge < -0.3 is 10.2 Å². The van der Waals surface area contributed by atoms with Crippen LogP contribution in [-0.4, -0.2) is 37.9 Å². The van der Waals surface area contributed by atoms with Crippen molar-refractivity contribution >= 4 is 5.84 Å². The second kappa shape index (κ2) is 4.70. The summed E-state index contributed by atoms with van der Waals surface area (Å²) in [6.07, 6.45) is 6.16. The van der Waals surface area contributed by atoms with Gasteiger partial charge in [0.15, 0.2) is 0 Å². The smallest absolute Gasteiger partial charge is 0.128 e. The summed E-state index contributed by atoms with van der Waals surface area (Å²) in [5.74, 6) is 1.01. The van der Waals surface area contributed by atoms with Gasteiger partial charge in [-0.05, 0) is 19.2 Å². The molecule has 0 saturated heterocycles. The maximum absolute atomic E-state index is 4.35. The van der Waals surface area contributed by atoms with Gasteiger partial charge in [0, 0.05) is 26.2 Å². The second-order valence-electron chi connectivity index (χ2n) is 3.18. The van der Waals surface area contributed by atoms with E-state index in [1.54, 1.807) is 0 Å². The van der Waals surface area contributed by atoms with Crippen LogP contribution in [-0.2, 0) is 0 Å². The number of hydrogen-bond acceptors (Lipinski definition) is 3. The van der Waals surface area contributed by atoms with Crippen LogP contribution < -0.4 is 5.32 Å². The Balaban J connectivity index is 2.63. The third-order valence-electron chi connectivity index (χ3n) is 1.81. The van der Waals surface area contributed by atoms with Gasteiger partial charge in [0.05, 0.1) is 6.54 Å². The molecule has 0 aliphatic carbocycles. The molecular formula is C10H17N3. The largest absolute Gasteiger partial charge is 0.383 e. The lowest BCUT2D eigenvalue weighted by molar-refractivity contribution is 0.563. The van der Waals surface area contributed by atoms with E-state index in [4.69, 9.17) is 0 Å². The molecule has 0 unspecified atom stereocenters. The molecule has 1 aliphatic heterocycles. The zero-order valence-electron chi connectivity index (χ0n) is 8.54. The second-order valence-corrected chi connectivity index (χ2v) is 3.18. The standard InChI is InChI=1S/C10H17N3/c1-4-9(5-8-13(2)3)10-11-6-7-12-10/h4-5,8H,6-7H2,1-3H3,(H,11,12)/b8-5-,9-4+. The molecule has 3 nitrogen and oxygen atoms in total. The molecule has 1 rings (SSSR count). The fourth-order valence-corrected chi connectivity index (χ4v) is 1.13. The fourth-order valence-electron chi connectivity index (χ4n) is 1.13. The van der Waals surface area contributed by atoms with Crippen LogP contribution in [0.4, 0.5) is 0 Å². The molecule has 0 amide bonds. The predicted octanol–water partition coefficient (Wildman–Crippen LogP) is 1.01. The van der Waals surface area contributed by atoms with Gasteiger partial charge in [-0.1, -0.05) is 6.08 Å². The van der Waals surface area contributed by atoms with Crippen molar-refractivity contribution in [3.8, 4) is 0 Å². The third kappa shape index (κ3) is 2.93. The predicted molar refractivity (Wildman–Crippen MR) is 56.9 cm³/mol. The minimum Gasteiger partial charge on any atom is -0.383 e. The number of aliphatic imine (C=N–C) groups is 1. The summed E-state index contributed by atoms with van der Waals surface area (Å²) in [5.41, 5.74) is 1.16. The number of amidine groups is 1. The first-order valence-corrected chi connectivity index (χ1v) is 4.53. The highest BCUT2D eigenvalue weighted by molar-refractivity contribution is 6.01. The van der Waals surface area contributed by atoms with Crippen molar-refractivity contribution in [2.75, 3.05) is 27.2 Å². The fraction of sp³-hybridized carbons (Fsp3) is 0.500. The number of hydrogen-bond donors (Lipinski definition) is 1. The molecule has 3 heteroatoms. The molecular weight excluding hydrogens is 162 g/mol. The van der Waals surface area contributed by atoms with E-state index in [-0.39, 0.29) is 0 Å². The molecule has 0 fully saturated rings. The molecule has 0 aromatic rings. The Bertz CT molecular complexity index is 249. The Hall–Kier alpha value is -1.25. The summed E-state index contributed by atoms with van der Waals surface area (Å²) in [6.45, 7) is 3.88. The van der Waals surface area contributed by atoms with Gasteiger partial charge in [-0.15, -0.1) is 0 Å². The number of nitrogens with one attached hydrogen (secondary N) is 1. The van der Waals surface area contributed by atoms with E-state index in [9.17, 15) is 0 Å². The summed E-state index contributed by atoms with van der Waals surface area (Å²) < 4.78 is 0. The number of allylic oxidation sites excluding steroid dienone is 1. The van der Waals surface area contributed by atoms with E-state index in [1.807, 2.05) is 32.1 Å². The maximum Gasteiger partial charge on any atom is 0.128 e. The van der Waals surface area contributed by atoms with E-state index in [2.05, 4.69) is 22.5 Å². The Morgan fingerprint density at radius 3 is 2.77 bits per heavy atom. The van der Waals surface area contributed by atoms with Gasteiger partial charge >= 0.3 is 0 Å². The Morgan fingerprint density at radius 2 is 2.31 bits per heavy atom. The first-order chi connectivity index (χ1) is 6.24. The average molecular weight is 179 g/mol. The SMILES string of the molecule is C/C=C(\C=C/N(C)C)C1=NCCN1. The zero-order valence-corrected chi connectivity index (χ0v) is 8.54. The monoisotopic (exact) mass is 179 g/mol. The van der Waals surface area contributed by atoms with Crippen molar-refractivity contribution in [2.45, 2.75) is 6.92 Å². The average Bonchev–Trinajstić information content (AvgIpc) is 2.58. The first kappa shape index (κ1) is 9.84. The van der Waals surface area contributed by atoms with Crippen molar-refractivity contribution < 1.29 is 0 Å². The van der Waals surface area contributed by atoms with Crippen LogP contribution in [0.5, 0.6) is 0 Å². The summed E-state index contributed by atoms with van der Waals surface area (Å²) in [7, 11) is 4.02. The van der Waals surface area contributed by atoms with E-state index >= 15 is 0 Å². The van der Waals surface area contributed by atoms with Crippen molar-refractivity contribution in [2.24, 2.45) is 4.99 Å². The van der Waals surface area contributed by atoms with Crippen LogP contribution in [0.2, 0.25) is 0 Å². The maximum atomic E-state index is 4.35. The molecule has 0 saturated carbocycles. The van der Waals surface area contributed by atoms with E-state index < -0.39 is 0 Å². The van der Waals surface area contributed by atoms with E-state index in [0.717, 1.165) is 24.5 Å². The molecule has 0 bridgehead atoms. The molecule has 0 spiro atoms. The van der Waals surface area contributed by atoms with Gasteiger partial charge in [0.25, 0.3) is 0 Å². The van der Waals surface area contributed by atoms with Crippen LogP contribution in [0.25, 0.3) is 0 Å². The van der Waals surface area contributed by atoms with Gasteiger partial charge in [-0.25, -0.2) is 0 Å². The summed E-state index contributed by atoms with van der Waals surface area (Å²) >= 11 is 0. The lowest BCUT2D eigenvalue weighted by Gasteiger charge is -2.06. The number of rotatable bonds is 3. The van der Waals surface area contributed by atoms with Crippen molar-refractivity contribution in [3.63, 3.8) is 0 Å². The van der Waals surface area contributed by atoms with Crippen LogP contribution in [0.1, 0.15) is 6.92 Å². The zero-order chi connectivity index (χ0) is 9.68. The minimum atomic E-state index is 0.891. The molecule has 0 atom stereocenters. The van der Waals surface area contributed by atoms with Gasteiger partial charge in [-0.3, -0.25) is 4.99 Å². The summed E-state index contributed by atoms with van der Waals surface area (Å²) in [5, 5.41) is 3.24. The topological polar surface area (TPSA) is 27.6 Å². The van der Waals surface area contributed by atoms with Crippen molar-refractivity contribution in [3.05, 3.63) is 23.9 Å². The van der Waals surface area contributed by atoms with Crippen LogP contribution in [0.3, 0.4) is 0 Å².